The maximum absolute atomic E-state index is 12.0. The van der Waals surface area contributed by atoms with Gasteiger partial charge in [0.15, 0.2) is 6.61 Å². The van der Waals surface area contributed by atoms with Crippen LogP contribution in [0.25, 0.3) is 0 Å². The molecule has 1 amide bonds. The molecule has 0 bridgehead atoms. The molecule has 0 spiro atoms. The number of esters is 1. The molecule has 2 atom stereocenters. The Hall–Kier alpha value is -1.73. The van der Waals surface area contributed by atoms with Gasteiger partial charge in [-0.2, -0.15) is 0 Å². The molecule has 1 aromatic rings. The Bertz CT molecular complexity index is 572. The molecule has 7 heteroatoms. The molecule has 1 aliphatic rings. The normalized spacial score (nSPS) is 19.5. The van der Waals surface area contributed by atoms with Gasteiger partial charge in [0, 0.05) is 35.0 Å². The molecule has 0 aromatic heterocycles. The average Bonchev–Trinajstić information content (AvgIpc) is 2.52. The van der Waals surface area contributed by atoms with Crippen LogP contribution < -0.4 is 0 Å². The topological polar surface area (TPSA) is 72.9 Å². The molecule has 2 unspecified atom stereocenters. The van der Waals surface area contributed by atoms with Crippen LogP contribution in [0, 0.1) is 0 Å². The van der Waals surface area contributed by atoms with Crippen molar-refractivity contribution in [3.8, 4) is 0 Å². The van der Waals surface area contributed by atoms with E-state index >= 15 is 0 Å². The third kappa shape index (κ3) is 4.38. The first-order valence-corrected chi connectivity index (χ1v) is 8.53. The average molecular weight is 325 g/mol. The smallest absolute Gasteiger partial charge is 0.338 e. The largest absolute Gasteiger partial charge is 0.452 e. The number of amides is 1. The number of carbonyl (C=O) groups excluding carboxylic acids is 2. The number of nitrogens with zero attached hydrogens (tertiary/aromatic N) is 1. The van der Waals surface area contributed by atoms with Gasteiger partial charge >= 0.3 is 5.97 Å². The quantitative estimate of drug-likeness (QED) is 0.767. The fourth-order valence-electron chi connectivity index (χ4n) is 2.13. The first-order chi connectivity index (χ1) is 10.5. The lowest BCUT2D eigenvalue weighted by Crippen LogP contribution is -2.46. The van der Waals surface area contributed by atoms with Gasteiger partial charge in [-0.05, 0) is 31.2 Å². The summed E-state index contributed by atoms with van der Waals surface area (Å²) in [6.07, 6.45) is 1.56. The van der Waals surface area contributed by atoms with E-state index < -0.39 is 16.8 Å². The number of hydrogen-bond acceptors (Lipinski definition) is 5. The van der Waals surface area contributed by atoms with Gasteiger partial charge in [0.1, 0.15) is 0 Å². The van der Waals surface area contributed by atoms with E-state index in [0.29, 0.717) is 30.2 Å². The zero-order valence-electron chi connectivity index (χ0n) is 12.6. The van der Waals surface area contributed by atoms with Crippen molar-refractivity contribution in [2.45, 2.75) is 17.9 Å². The highest BCUT2D eigenvalue weighted by molar-refractivity contribution is 7.84. The Morgan fingerprint density at radius 2 is 2.05 bits per heavy atom. The van der Waals surface area contributed by atoms with E-state index in [1.165, 1.54) is 0 Å². The predicted octanol–water partition coefficient (Wildman–Crippen LogP) is 0.828. The molecule has 1 fully saturated rings. The van der Waals surface area contributed by atoms with Crippen molar-refractivity contribution in [3.05, 3.63) is 29.8 Å². The summed E-state index contributed by atoms with van der Waals surface area (Å²) in [6.45, 7) is 3.12. The highest BCUT2D eigenvalue weighted by Crippen LogP contribution is 2.09. The van der Waals surface area contributed by atoms with E-state index in [9.17, 15) is 13.8 Å². The van der Waals surface area contributed by atoms with Crippen LogP contribution in [0.1, 0.15) is 17.3 Å². The highest BCUT2D eigenvalue weighted by Gasteiger charge is 2.22. The van der Waals surface area contributed by atoms with E-state index in [0.717, 1.165) is 0 Å². The van der Waals surface area contributed by atoms with Gasteiger partial charge < -0.3 is 14.4 Å². The van der Waals surface area contributed by atoms with Crippen molar-refractivity contribution >= 4 is 22.7 Å². The zero-order valence-corrected chi connectivity index (χ0v) is 13.4. The zero-order chi connectivity index (χ0) is 16.1. The summed E-state index contributed by atoms with van der Waals surface area (Å²) in [5.41, 5.74) is 0.331. The first kappa shape index (κ1) is 16.6. The molecule has 22 heavy (non-hydrogen) atoms. The van der Waals surface area contributed by atoms with Crippen LogP contribution in [-0.4, -0.2) is 59.6 Å². The standard InChI is InChI=1S/C15H19NO5S/c1-11-9-16(7-8-20-11)14(17)10-21-15(18)12-3-5-13(6-4-12)22(2)19/h3-6,11H,7-10H2,1-2H3. The number of hydrogen-bond donors (Lipinski definition) is 0. The van der Waals surface area contributed by atoms with Crippen molar-refractivity contribution < 1.29 is 23.3 Å². The second kappa shape index (κ2) is 7.51. The fourth-order valence-corrected chi connectivity index (χ4v) is 2.65. The first-order valence-electron chi connectivity index (χ1n) is 6.97. The number of ether oxygens (including phenoxy) is 2. The van der Waals surface area contributed by atoms with Crippen LogP contribution in [0.3, 0.4) is 0 Å². The number of morpholine rings is 1. The van der Waals surface area contributed by atoms with E-state index in [4.69, 9.17) is 9.47 Å². The lowest BCUT2D eigenvalue weighted by atomic mass is 10.2. The molecule has 1 heterocycles. The molecular weight excluding hydrogens is 306 g/mol. The fraction of sp³-hybridized carbons (Fsp3) is 0.467. The Morgan fingerprint density at radius 1 is 1.36 bits per heavy atom. The Kier molecular flexibility index (Phi) is 5.68. The molecule has 2 rings (SSSR count). The van der Waals surface area contributed by atoms with Crippen molar-refractivity contribution in [2.75, 3.05) is 32.6 Å². The molecule has 1 aromatic carbocycles. The van der Waals surface area contributed by atoms with Gasteiger partial charge in [-0.15, -0.1) is 0 Å². The van der Waals surface area contributed by atoms with Gasteiger partial charge in [-0.25, -0.2) is 4.79 Å². The second-order valence-corrected chi connectivity index (χ2v) is 6.46. The van der Waals surface area contributed by atoms with Crippen molar-refractivity contribution in [1.29, 1.82) is 0 Å². The van der Waals surface area contributed by atoms with Crippen LogP contribution in [0.5, 0.6) is 0 Å². The SMILES string of the molecule is CC1CN(C(=O)COC(=O)c2ccc(S(C)=O)cc2)CCO1. The van der Waals surface area contributed by atoms with Crippen LogP contribution in [0.4, 0.5) is 0 Å². The molecule has 0 aliphatic carbocycles. The van der Waals surface area contributed by atoms with Crippen LogP contribution in [0.2, 0.25) is 0 Å². The van der Waals surface area contributed by atoms with Gasteiger partial charge in [-0.3, -0.25) is 9.00 Å². The van der Waals surface area contributed by atoms with E-state index in [1.54, 1.807) is 35.4 Å². The second-order valence-electron chi connectivity index (χ2n) is 5.08. The maximum atomic E-state index is 12.0. The molecule has 120 valence electrons. The summed E-state index contributed by atoms with van der Waals surface area (Å²) in [7, 11) is -1.09. The molecule has 0 saturated carbocycles. The molecule has 0 radical (unpaired) electrons. The van der Waals surface area contributed by atoms with Crippen LogP contribution >= 0.6 is 0 Å². The van der Waals surface area contributed by atoms with Gasteiger partial charge in [0.05, 0.1) is 18.3 Å². The molecule has 1 saturated heterocycles. The minimum Gasteiger partial charge on any atom is -0.452 e. The van der Waals surface area contributed by atoms with Crippen LogP contribution in [-0.2, 0) is 25.1 Å². The number of rotatable bonds is 4. The summed E-state index contributed by atoms with van der Waals surface area (Å²) in [4.78, 5) is 26.1. The Labute approximate surface area is 131 Å². The van der Waals surface area contributed by atoms with Crippen molar-refractivity contribution in [2.24, 2.45) is 0 Å². The van der Waals surface area contributed by atoms with Gasteiger partial charge in [0.2, 0.25) is 0 Å². The summed E-state index contributed by atoms with van der Waals surface area (Å²) < 4.78 is 21.7. The maximum Gasteiger partial charge on any atom is 0.338 e. The van der Waals surface area contributed by atoms with Crippen LogP contribution in [0.15, 0.2) is 29.2 Å². The lowest BCUT2D eigenvalue weighted by molar-refractivity contribution is -0.141. The summed E-state index contributed by atoms with van der Waals surface area (Å²) in [6, 6.07) is 6.30. The van der Waals surface area contributed by atoms with E-state index in [1.807, 2.05) is 6.92 Å². The van der Waals surface area contributed by atoms with Gasteiger partial charge in [0.25, 0.3) is 5.91 Å². The number of benzene rings is 1. The molecule has 6 nitrogen and oxygen atoms in total. The van der Waals surface area contributed by atoms with E-state index in [2.05, 4.69) is 0 Å². The number of carbonyl (C=O) groups is 2. The lowest BCUT2D eigenvalue weighted by Gasteiger charge is -2.30. The summed E-state index contributed by atoms with van der Waals surface area (Å²) in [5, 5.41) is 0. The Morgan fingerprint density at radius 3 is 2.64 bits per heavy atom. The molecule has 1 aliphatic heterocycles. The van der Waals surface area contributed by atoms with E-state index in [-0.39, 0.29) is 18.6 Å². The van der Waals surface area contributed by atoms with Crippen molar-refractivity contribution in [3.63, 3.8) is 0 Å². The molecule has 0 N–H and O–H groups in total. The van der Waals surface area contributed by atoms with Crippen molar-refractivity contribution in [1.82, 2.24) is 4.90 Å². The predicted molar refractivity (Wildman–Crippen MR) is 81.1 cm³/mol. The minimum atomic E-state index is -1.09. The monoisotopic (exact) mass is 325 g/mol. The molecular formula is C15H19NO5S. The summed E-state index contributed by atoms with van der Waals surface area (Å²) in [5.74, 6) is -0.794. The minimum absolute atomic E-state index is 0.00383. The highest BCUT2D eigenvalue weighted by atomic mass is 32.2. The third-order valence-electron chi connectivity index (χ3n) is 3.34. The summed E-state index contributed by atoms with van der Waals surface area (Å²) >= 11 is 0. The van der Waals surface area contributed by atoms with Gasteiger partial charge in [-0.1, -0.05) is 0 Å². The Balaban J connectivity index is 1.86. The third-order valence-corrected chi connectivity index (χ3v) is 4.28.